The second-order valence-electron chi connectivity index (χ2n) is 5.12. The predicted octanol–water partition coefficient (Wildman–Crippen LogP) is 0.570. The van der Waals surface area contributed by atoms with Crippen LogP contribution in [0.15, 0.2) is 0 Å². The van der Waals surface area contributed by atoms with Gasteiger partial charge in [0.15, 0.2) is 0 Å². The molecule has 4 heteroatoms. The average molecular weight is 227 g/mol. The van der Waals surface area contributed by atoms with Crippen molar-refractivity contribution in [3.05, 3.63) is 0 Å². The summed E-state index contributed by atoms with van der Waals surface area (Å²) in [5.41, 5.74) is 6.07. The van der Waals surface area contributed by atoms with Gasteiger partial charge in [-0.05, 0) is 18.9 Å². The van der Waals surface area contributed by atoms with E-state index in [1.165, 1.54) is 0 Å². The van der Waals surface area contributed by atoms with E-state index in [0.717, 1.165) is 26.1 Å². The van der Waals surface area contributed by atoms with Crippen LogP contribution in [0.1, 0.15) is 33.6 Å². The van der Waals surface area contributed by atoms with Gasteiger partial charge < -0.3 is 16.0 Å². The number of nitrogens with one attached hydrogen (secondary N) is 1. The van der Waals surface area contributed by atoms with Crippen LogP contribution < -0.4 is 11.1 Å². The van der Waals surface area contributed by atoms with Gasteiger partial charge >= 0.3 is 0 Å². The number of amides is 1. The Morgan fingerprint density at radius 1 is 1.56 bits per heavy atom. The van der Waals surface area contributed by atoms with E-state index in [4.69, 9.17) is 5.73 Å². The largest absolute Gasteiger partial charge is 0.352 e. The lowest BCUT2D eigenvalue weighted by atomic mass is 9.99. The zero-order valence-corrected chi connectivity index (χ0v) is 10.7. The molecule has 3 N–H and O–H groups in total. The third-order valence-corrected chi connectivity index (χ3v) is 3.13. The minimum absolute atomic E-state index is 0.0739. The van der Waals surface area contributed by atoms with E-state index in [1.807, 2.05) is 0 Å². The van der Waals surface area contributed by atoms with Gasteiger partial charge in [-0.3, -0.25) is 4.79 Å². The zero-order valence-electron chi connectivity index (χ0n) is 10.7. The summed E-state index contributed by atoms with van der Waals surface area (Å²) in [6.07, 6.45) is 1.57. The molecule has 0 aromatic rings. The molecule has 1 saturated heterocycles. The van der Waals surface area contributed by atoms with E-state index in [9.17, 15) is 4.79 Å². The van der Waals surface area contributed by atoms with Crippen molar-refractivity contribution in [1.82, 2.24) is 10.2 Å². The topological polar surface area (TPSA) is 58.4 Å². The van der Waals surface area contributed by atoms with Crippen LogP contribution in [-0.2, 0) is 4.79 Å². The molecule has 1 rings (SSSR count). The lowest BCUT2D eigenvalue weighted by Crippen LogP contribution is -2.57. The number of hydrogen-bond donors (Lipinski definition) is 2. The Kier molecular flexibility index (Phi) is 5.22. The molecule has 0 aliphatic carbocycles. The summed E-state index contributed by atoms with van der Waals surface area (Å²) in [5, 5.41) is 3.05. The number of piperidine rings is 1. The van der Waals surface area contributed by atoms with Crippen LogP contribution in [0, 0.1) is 5.92 Å². The second-order valence-corrected chi connectivity index (χ2v) is 5.12. The first-order valence-electron chi connectivity index (χ1n) is 6.30. The van der Waals surface area contributed by atoms with Crippen LogP contribution >= 0.6 is 0 Å². The van der Waals surface area contributed by atoms with Crippen molar-refractivity contribution in [2.45, 2.75) is 45.7 Å². The van der Waals surface area contributed by atoms with Crippen LogP contribution in [0.5, 0.6) is 0 Å². The van der Waals surface area contributed by atoms with Gasteiger partial charge in [-0.1, -0.05) is 20.8 Å². The Hall–Kier alpha value is -0.610. The van der Waals surface area contributed by atoms with Gasteiger partial charge in [0.2, 0.25) is 5.91 Å². The highest BCUT2D eigenvalue weighted by molar-refractivity contribution is 5.76. The van der Waals surface area contributed by atoms with Crippen molar-refractivity contribution in [1.29, 1.82) is 0 Å². The van der Waals surface area contributed by atoms with E-state index in [0.29, 0.717) is 12.3 Å². The summed E-state index contributed by atoms with van der Waals surface area (Å²) in [6.45, 7) is 9.23. The fourth-order valence-electron chi connectivity index (χ4n) is 2.16. The summed E-state index contributed by atoms with van der Waals surface area (Å²) in [6, 6.07) is 0.235. The molecular formula is C12H25N3O. The molecule has 1 fully saturated rings. The maximum absolute atomic E-state index is 11.6. The standard InChI is InChI=1S/C12H25N3O/c1-4-15-6-5-11(10(13)8-15)14-12(16)7-9(2)3/h9-11H,4-8,13H2,1-3H3,(H,14,16). The van der Waals surface area contributed by atoms with Gasteiger partial charge in [-0.15, -0.1) is 0 Å². The summed E-state index contributed by atoms with van der Waals surface area (Å²) < 4.78 is 0. The summed E-state index contributed by atoms with van der Waals surface area (Å²) >= 11 is 0. The minimum Gasteiger partial charge on any atom is -0.352 e. The van der Waals surface area contributed by atoms with Crippen molar-refractivity contribution >= 4 is 5.91 Å². The summed E-state index contributed by atoms with van der Waals surface area (Å²) in [5.74, 6) is 0.548. The molecule has 94 valence electrons. The summed E-state index contributed by atoms with van der Waals surface area (Å²) in [4.78, 5) is 14.0. The molecule has 4 nitrogen and oxygen atoms in total. The van der Waals surface area contributed by atoms with Crippen LogP contribution in [0.2, 0.25) is 0 Å². The fraction of sp³-hybridized carbons (Fsp3) is 0.917. The molecule has 2 unspecified atom stereocenters. The number of carbonyl (C=O) groups is 1. The van der Waals surface area contributed by atoms with Gasteiger partial charge in [-0.25, -0.2) is 0 Å². The molecule has 16 heavy (non-hydrogen) atoms. The molecule has 1 amide bonds. The molecule has 0 saturated carbocycles. The lowest BCUT2D eigenvalue weighted by Gasteiger charge is -2.36. The Morgan fingerprint density at radius 3 is 2.75 bits per heavy atom. The lowest BCUT2D eigenvalue weighted by molar-refractivity contribution is -0.122. The first-order chi connectivity index (χ1) is 7.52. The molecule has 1 aliphatic rings. The van der Waals surface area contributed by atoms with Crippen LogP contribution in [0.4, 0.5) is 0 Å². The average Bonchev–Trinajstić information content (AvgIpc) is 2.19. The van der Waals surface area contributed by atoms with Crippen molar-refractivity contribution in [3.63, 3.8) is 0 Å². The third-order valence-electron chi connectivity index (χ3n) is 3.13. The highest BCUT2D eigenvalue weighted by atomic mass is 16.1. The van der Waals surface area contributed by atoms with Crippen molar-refractivity contribution in [3.8, 4) is 0 Å². The Labute approximate surface area is 98.6 Å². The van der Waals surface area contributed by atoms with Gasteiger partial charge in [-0.2, -0.15) is 0 Å². The van der Waals surface area contributed by atoms with E-state index in [-0.39, 0.29) is 18.0 Å². The Bertz CT molecular complexity index is 230. The number of likely N-dealkylation sites (N-methyl/N-ethyl adjacent to an activating group) is 1. The van der Waals surface area contributed by atoms with E-state index in [2.05, 4.69) is 31.0 Å². The second kappa shape index (κ2) is 6.21. The molecule has 0 radical (unpaired) electrons. The quantitative estimate of drug-likeness (QED) is 0.738. The van der Waals surface area contributed by atoms with E-state index in [1.54, 1.807) is 0 Å². The maximum atomic E-state index is 11.6. The highest BCUT2D eigenvalue weighted by Gasteiger charge is 2.26. The summed E-state index contributed by atoms with van der Waals surface area (Å²) in [7, 11) is 0. The SMILES string of the molecule is CCN1CCC(NC(=O)CC(C)C)C(N)C1. The molecule has 0 aromatic heterocycles. The normalized spacial score (nSPS) is 27.1. The molecule has 0 spiro atoms. The molecule has 0 aromatic carbocycles. The van der Waals surface area contributed by atoms with Crippen LogP contribution in [0.25, 0.3) is 0 Å². The minimum atomic E-state index is 0.0739. The van der Waals surface area contributed by atoms with Crippen molar-refractivity contribution < 1.29 is 4.79 Å². The van der Waals surface area contributed by atoms with Gasteiger partial charge in [0, 0.05) is 31.6 Å². The van der Waals surface area contributed by atoms with E-state index >= 15 is 0 Å². The smallest absolute Gasteiger partial charge is 0.220 e. The molecule has 0 bridgehead atoms. The predicted molar refractivity (Wildman–Crippen MR) is 66.1 cm³/mol. The van der Waals surface area contributed by atoms with Crippen LogP contribution in [-0.4, -0.2) is 42.5 Å². The zero-order chi connectivity index (χ0) is 12.1. The van der Waals surface area contributed by atoms with Crippen molar-refractivity contribution in [2.75, 3.05) is 19.6 Å². The van der Waals surface area contributed by atoms with Crippen LogP contribution in [0.3, 0.4) is 0 Å². The van der Waals surface area contributed by atoms with Gasteiger partial charge in [0.25, 0.3) is 0 Å². The monoisotopic (exact) mass is 227 g/mol. The number of carbonyl (C=O) groups excluding carboxylic acids is 1. The number of likely N-dealkylation sites (tertiary alicyclic amines) is 1. The number of nitrogens with two attached hydrogens (primary N) is 1. The molecular weight excluding hydrogens is 202 g/mol. The molecule has 1 heterocycles. The number of hydrogen-bond acceptors (Lipinski definition) is 3. The van der Waals surface area contributed by atoms with Crippen molar-refractivity contribution in [2.24, 2.45) is 11.7 Å². The molecule has 2 atom stereocenters. The van der Waals surface area contributed by atoms with E-state index < -0.39 is 0 Å². The number of nitrogens with zero attached hydrogens (tertiary/aromatic N) is 1. The Balaban J connectivity index is 2.35. The molecule has 1 aliphatic heterocycles. The maximum Gasteiger partial charge on any atom is 0.220 e. The fourth-order valence-corrected chi connectivity index (χ4v) is 2.16. The van der Waals surface area contributed by atoms with Gasteiger partial charge in [0.05, 0.1) is 0 Å². The highest BCUT2D eigenvalue weighted by Crippen LogP contribution is 2.10. The number of rotatable bonds is 4. The first-order valence-corrected chi connectivity index (χ1v) is 6.30. The Morgan fingerprint density at radius 2 is 2.25 bits per heavy atom. The van der Waals surface area contributed by atoms with Gasteiger partial charge in [0.1, 0.15) is 0 Å². The third kappa shape index (κ3) is 4.10. The first kappa shape index (κ1) is 13.5.